The van der Waals surface area contributed by atoms with Crippen LogP contribution in [0.4, 0.5) is 0 Å². The van der Waals surface area contributed by atoms with E-state index >= 15 is 0 Å². The summed E-state index contributed by atoms with van der Waals surface area (Å²) >= 11 is 9.03. The molecule has 2 nitrogen and oxygen atoms in total. The summed E-state index contributed by atoms with van der Waals surface area (Å²) in [7, 11) is 0. The summed E-state index contributed by atoms with van der Waals surface area (Å²) in [5, 5.41) is 3.28. The molecule has 1 atom stereocenters. The lowest BCUT2D eigenvalue weighted by atomic mass is 10.2. The molecule has 0 amide bonds. The summed E-state index contributed by atoms with van der Waals surface area (Å²) in [6.07, 6.45) is 3.62. The zero-order chi connectivity index (χ0) is 9.68. The zero-order valence-corrected chi connectivity index (χ0v) is 9.77. The van der Waals surface area contributed by atoms with Crippen molar-refractivity contribution < 1.29 is 0 Å². The van der Waals surface area contributed by atoms with Gasteiger partial charge in [-0.2, -0.15) is 0 Å². The van der Waals surface area contributed by atoms with E-state index in [-0.39, 0.29) is 0 Å². The van der Waals surface area contributed by atoms with Crippen molar-refractivity contribution in [1.29, 1.82) is 0 Å². The van der Waals surface area contributed by atoms with Crippen molar-refractivity contribution in [3.8, 4) is 0 Å². The van der Waals surface area contributed by atoms with E-state index in [1.807, 2.05) is 12.3 Å². The van der Waals surface area contributed by atoms with Crippen LogP contribution in [-0.4, -0.2) is 16.9 Å². The number of hydrogen-bond donors (Lipinski definition) is 1. The molecule has 1 unspecified atom stereocenters. The summed E-state index contributed by atoms with van der Waals surface area (Å²) in [6.45, 7) is 2.86. The molecule has 0 saturated heterocycles. The number of hydrogen-bond acceptors (Lipinski definition) is 2. The average molecular weight is 264 g/mol. The summed E-state index contributed by atoms with van der Waals surface area (Å²) in [6, 6.07) is 2.38. The van der Waals surface area contributed by atoms with Crippen molar-refractivity contribution in [3.63, 3.8) is 0 Å². The predicted molar refractivity (Wildman–Crippen MR) is 59.0 cm³/mol. The Kier molecular flexibility index (Phi) is 4.70. The molecule has 4 heteroatoms. The number of halogens is 2. The highest BCUT2D eigenvalue weighted by Crippen LogP contribution is 2.09. The molecule has 0 fully saturated rings. The number of pyridine rings is 1. The molecule has 0 saturated carbocycles. The first-order valence-corrected chi connectivity index (χ1v) is 5.44. The van der Waals surface area contributed by atoms with Crippen molar-refractivity contribution in [3.05, 3.63) is 28.5 Å². The summed E-state index contributed by atoms with van der Waals surface area (Å²) < 4.78 is 1.00. The Hall–Kier alpha value is -0.120. The summed E-state index contributed by atoms with van der Waals surface area (Å²) in [5.74, 6) is 0.626. The van der Waals surface area contributed by atoms with Crippen LogP contribution >= 0.6 is 27.5 Å². The quantitative estimate of drug-likeness (QED) is 0.845. The van der Waals surface area contributed by atoms with Gasteiger partial charge in [0.25, 0.3) is 0 Å². The molecule has 0 aliphatic carbocycles. The number of aromatic nitrogens is 1. The standard InChI is InChI=1S/C9H12BrClN2/c1-7(3-11)13-5-8-2-9(10)6-12-4-8/h2,4,6-7,13H,3,5H2,1H3. The van der Waals surface area contributed by atoms with Crippen LogP contribution in [0.5, 0.6) is 0 Å². The molecule has 1 heterocycles. The number of rotatable bonds is 4. The van der Waals surface area contributed by atoms with Gasteiger partial charge in [0.2, 0.25) is 0 Å². The Bertz CT molecular complexity index is 268. The average Bonchev–Trinajstić information content (AvgIpc) is 2.14. The molecule has 1 rings (SSSR count). The first-order chi connectivity index (χ1) is 6.22. The lowest BCUT2D eigenvalue weighted by Gasteiger charge is -2.09. The SMILES string of the molecule is CC(CCl)NCc1cncc(Br)c1. The minimum atomic E-state index is 0.334. The molecule has 0 aromatic carbocycles. The maximum atomic E-state index is 5.66. The van der Waals surface area contributed by atoms with Gasteiger partial charge in [0.05, 0.1) is 0 Å². The van der Waals surface area contributed by atoms with Crippen molar-refractivity contribution in [1.82, 2.24) is 10.3 Å². The molecule has 0 aliphatic heterocycles. The van der Waals surface area contributed by atoms with Gasteiger partial charge >= 0.3 is 0 Å². The van der Waals surface area contributed by atoms with E-state index in [2.05, 4.69) is 33.2 Å². The minimum Gasteiger partial charge on any atom is -0.309 e. The topological polar surface area (TPSA) is 24.9 Å². The Labute approximate surface area is 91.8 Å². The molecule has 0 spiro atoms. The third kappa shape index (κ3) is 4.07. The van der Waals surface area contributed by atoms with Gasteiger partial charge in [0, 0.05) is 35.3 Å². The van der Waals surface area contributed by atoms with Crippen molar-refractivity contribution in [2.45, 2.75) is 19.5 Å². The fourth-order valence-corrected chi connectivity index (χ4v) is 1.42. The smallest absolute Gasteiger partial charge is 0.0410 e. The van der Waals surface area contributed by atoms with E-state index in [4.69, 9.17) is 11.6 Å². The van der Waals surface area contributed by atoms with Gasteiger partial charge in [0.1, 0.15) is 0 Å². The molecule has 1 aromatic heterocycles. The second-order valence-electron chi connectivity index (χ2n) is 2.95. The Morgan fingerprint density at radius 1 is 1.62 bits per heavy atom. The normalized spacial score (nSPS) is 12.8. The van der Waals surface area contributed by atoms with Crippen molar-refractivity contribution >= 4 is 27.5 Å². The molecule has 72 valence electrons. The maximum Gasteiger partial charge on any atom is 0.0410 e. The molecule has 1 N–H and O–H groups in total. The summed E-state index contributed by atoms with van der Waals surface area (Å²) in [5.41, 5.74) is 1.16. The third-order valence-corrected chi connectivity index (χ3v) is 2.54. The Balaban J connectivity index is 2.45. The Morgan fingerprint density at radius 3 is 3.00 bits per heavy atom. The van der Waals surface area contributed by atoms with E-state index < -0.39 is 0 Å². The summed E-state index contributed by atoms with van der Waals surface area (Å²) in [4.78, 5) is 4.07. The van der Waals surface area contributed by atoms with Crippen molar-refractivity contribution in [2.75, 3.05) is 5.88 Å². The molecular formula is C9H12BrClN2. The van der Waals surface area contributed by atoms with Crippen LogP contribution in [0.2, 0.25) is 0 Å². The van der Waals surface area contributed by atoms with Crippen LogP contribution in [0.3, 0.4) is 0 Å². The molecule has 0 radical (unpaired) electrons. The van der Waals surface area contributed by atoms with E-state index in [9.17, 15) is 0 Å². The second kappa shape index (κ2) is 5.58. The van der Waals surface area contributed by atoms with E-state index in [1.54, 1.807) is 6.20 Å². The first kappa shape index (κ1) is 11.0. The fraction of sp³-hybridized carbons (Fsp3) is 0.444. The van der Waals surface area contributed by atoms with Gasteiger partial charge in [0.15, 0.2) is 0 Å². The minimum absolute atomic E-state index is 0.334. The molecule has 0 bridgehead atoms. The van der Waals surface area contributed by atoms with Crippen LogP contribution in [-0.2, 0) is 6.54 Å². The van der Waals surface area contributed by atoms with Gasteiger partial charge < -0.3 is 5.32 Å². The van der Waals surface area contributed by atoms with Gasteiger partial charge in [-0.15, -0.1) is 11.6 Å². The fourth-order valence-electron chi connectivity index (χ4n) is 0.899. The highest BCUT2D eigenvalue weighted by atomic mass is 79.9. The molecule has 0 aliphatic rings. The molecule has 13 heavy (non-hydrogen) atoms. The monoisotopic (exact) mass is 262 g/mol. The van der Waals surface area contributed by atoms with Crippen molar-refractivity contribution in [2.24, 2.45) is 0 Å². The lowest BCUT2D eigenvalue weighted by molar-refractivity contribution is 0.592. The maximum absolute atomic E-state index is 5.66. The zero-order valence-electron chi connectivity index (χ0n) is 7.43. The van der Waals surface area contributed by atoms with Gasteiger partial charge in [-0.3, -0.25) is 4.98 Å². The van der Waals surface area contributed by atoms with Crippen LogP contribution in [0.1, 0.15) is 12.5 Å². The molecule has 1 aromatic rings. The third-order valence-electron chi connectivity index (χ3n) is 1.65. The Morgan fingerprint density at radius 2 is 2.38 bits per heavy atom. The largest absolute Gasteiger partial charge is 0.309 e. The van der Waals surface area contributed by atoms with E-state index in [0.717, 1.165) is 16.6 Å². The first-order valence-electron chi connectivity index (χ1n) is 4.11. The van der Waals surface area contributed by atoms with Gasteiger partial charge in [-0.05, 0) is 34.5 Å². The predicted octanol–water partition coefficient (Wildman–Crippen LogP) is 2.56. The second-order valence-corrected chi connectivity index (χ2v) is 4.17. The van der Waals surface area contributed by atoms with Crippen LogP contribution < -0.4 is 5.32 Å². The van der Waals surface area contributed by atoms with Crippen LogP contribution in [0, 0.1) is 0 Å². The van der Waals surface area contributed by atoms with E-state index in [0.29, 0.717) is 11.9 Å². The van der Waals surface area contributed by atoms with Crippen LogP contribution in [0.25, 0.3) is 0 Å². The van der Waals surface area contributed by atoms with E-state index in [1.165, 1.54) is 0 Å². The lowest BCUT2D eigenvalue weighted by Crippen LogP contribution is -2.26. The number of nitrogens with zero attached hydrogens (tertiary/aromatic N) is 1. The number of alkyl halides is 1. The number of nitrogens with one attached hydrogen (secondary N) is 1. The van der Waals surface area contributed by atoms with Gasteiger partial charge in [-0.25, -0.2) is 0 Å². The van der Waals surface area contributed by atoms with Crippen LogP contribution in [0.15, 0.2) is 22.9 Å². The molecular weight excluding hydrogens is 251 g/mol. The highest BCUT2D eigenvalue weighted by Gasteiger charge is 1.99. The van der Waals surface area contributed by atoms with Gasteiger partial charge in [-0.1, -0.05) is 0 Å². The highest BCUT2D eigenvalue weighted by molar-refractivity contribution is 9.10.